The lowest BCUT2D eigenvalue weighted by molar-refractivity contribution is 0.206. The highest BCUT2D eigenvalue weighted by Crippen LogP contribution is 2.26. The number of benzene rings is 2. The normalized spacial score (nSPS) is 18.9. The minimum atomic E-state index is 0.452. The third-order valence-corrected chi connectivity index (χ3v) is 5.45. The van der Waals surface area contributed by atoms with Gasteiger partial charge in [-0.25, -0.2) is 4.68 Å². The molecule has 27 heavy (non-hydrogen) atoms. The monoisotopic (exact) mass is 354 g/mol. The number of fused-ring (bicyclic) bond motifs is 1. The number of hydrogen-bond donors (Lipinski definition) is 0. The van der Waals surface area contributed by atoms with Gasteiger partial charge in [-0.2, -0.15) is 10.2 Å². The molecule has 2 aromatic carbocycles. The van der Waals surface area contributed by atoms with E-state index in [2.05, 4.69) is 58.7 Å². The van der Waals surface area contributed by atoms with Crippen molar-refractivity contribution in [3.8, 4) is 5.69 Å². The van der Waals surface area contributed by atoms with Crippen molar-refractivity contribution in [3.05, 3.63) is 95.8 Å². The second-order valence-electron chi connectivity index (χ2n) is 7.14. The maximum atomic E-state index is 5.01. The molecule has 2 aliphatic rings. The van der Waals surface area contributed by atoms with Crippen LogP contribution in [0.4, 0.5) is 0 Å². The Bertz CT molecular complexity index is 1000. The Labute approximate surface area is 159 Å². The van der Waals surface area contributed by atoms with Crippen molar-refractivity contribution < 1.29 is 0 Å². The van der Waals surface area contributed by atoms with Crippen LogP contribution in [0.25, 0.3) is 5.69 Å². The third kappa shape index (κ3) is 3.08. The average Bonchev–Trinajstić information content (AvgIpc) is 3.24. The number of para-hydroxylation sites is 1. The van der Waals surface area contributed by atoms with Crippen LogP contribution in [0.2, 0.25) is 0 Å². The number of hydrogen-bond acceptors (Lipinski definition) is 3. The molecule has 0 amide bonds. The van der Waals surface area contributed by atoms with E-state index in [-0.39, 0.29) is 0 Å². The summed E-state index contributed by atoms with van der Waals surface area (Å²) >= 11 is 0. The van der Waals surface area contributed by atoms with Crippen LogP contribution in [0, 0.1) is 0 Å². The molecule has 1 atom stereocenters. The highest BCUT2D eigenvalue weighted by atomic mass is 15.5. The lowest BCUT2D eigenvalue weighted by atomic mass is 9.88. The Kier molecular flexibility index (Phi) is 4.09. The summed E-state index contributed by atoms with van der Waals surface area (Å²) in [6, 6.07) is 21.5. The fraction of sp³-hybridized carbons (Fsp3) is 0.217. The molecule has 4 nitrogen and oxygen atoms in total. The van der Waals surface area contributed by atoms with Crippen molar-refractivity contribution in [2.24, 2.45) is 5.10 Å². The lowest BCUT2D eigenvalue weighted by Crippen LogP contribution is -2.38. The minimum absolute atomic E-state index is 0.452. The fourth-order valence-corrected chi connectivity index (χ4v) is 4.06. The SMILES string of the molecule is C1=CC(c2ccnn2-c2ccccc2)=NN(C2CCc3ccccc3C2)C1. The van der Waals surface area contributed by atoms with Crippen LogP contribution >= 0.6 is 0 Å². The second-order valence-corrected chi connectivity index (χ2v) is 7.14. The summed E-state index contributed by atoms with van der Waals surface area (Å²) < 4.78 is 1.96. The first kappa shape index (κ1) is 16.1. The summed E-state index contributed by atoms with van der Waals surface area (Å²) in [4.78, 5) is 0. The van der Waals surface area contributed by atoms with Crippen LogP contribution < -0.4 is 0 Å². The van der Waals surface area contributed by atoms with Gasteiger partial charge in [0.05, 0.1) is 30.2 Å². The molecule has 134 valence electrons. The number of nitrogens with zero attached hydrogens (tertiary/aromatic N) is 4. The second kappa shape index (κ2) is 6.88. The summed E-state index contributed by atoms with van der Waals surface area (Å²) in [5, 5.41) is 11.8. The maximum absolute atomic E-state index is 5.01. The van der Waals surface area contributed by atoms with Crippen molar-refractivity contribution in [1.29, 1.82) is 0 Å². The number of aromatic nitrogens is 2. The molecule has 1 aromatic heterocycles. The summed E-state index contributed by atoms with van der Waals surface area (Å²) in [5.41, 5.74) is 6.01. The van der Waals surface area contributed by atoms with E-state index in [0.29, 0.717) is 6.04 Å². The molecule has 3 aromatic rings. The Morgan fingerprint density at radius 3 is 2.59 bits per heavy atom. The molecule has 2 heterocycles. The van der Waals surface area contributed by atoms with Crippen LogP contribution in [0.15, 0.2) is 84.1 Å². The smallest absolute Gasteiger partial charge is 0.109 e. The Hall–Kier alpha value is -3.14. The van der Waals surface area contributed by atoms with Gasteiger partial charge in [-0.05, 0) is 54.7 Å². The van der Waals surface area contributed by atoms with Gasteiger partial charge in [-0.1, -0.05) is 48.5 Å². The van der Waals surface area contributed by atoms with Crippen LogP contribution in [0.3, 0.4) is 0 Å². The zero-order valence-electron chi connectivity index (χ0n) is 15.2. The topological polar surface area (TPSA) is 33.4 Å². The van der Waals surface area contributed by atoms with Gasteiger partial charge >= 0.3 is 0 Å². The molecule has 0 radical (unpaired) electrons. The highest BCUT2D eigenvalue weighted by molar-refractivity contribution is 6.08. The Balaban J connectivity index is 1.43. The van der Waals surface area contributed by atoms with Gasteiger partial charge in [0, 0.05) is 0 Å². The van der Waals surface area contributed by atoms with E-state index in [0.717, 1.165) is 42.9 Å². The van der Waals surface area contributed by atoms with E-state index < -0.39 is 0 Å². The van der Waals surface area contributed by atoms with E-state index in [4.69, 9.17) is 5.10 Å². The molecule has 0 saturated heterocycles. The molecule has 0 N–H and O–H groups in total. The van der Waals surface area contributed by atoms with Gasteiger partial charge in [0.25, 0.3) is 0 Å². The zero-order chi connectivity index (χ0) is 18.1. The summed E-state index contributed by atoms with van der Waals surface area (Å²) in [5.74, 6) is 0. The van der Waals surface area contributed by atoms with Crippen molar-refractivity contribution in [1.82, 2.24) is 14.8 Å². The molecular formula is C23H22N4. The molecular weight excluding hydrogens is 332 g/mol. The van der Waals surface area contributed by atoms with Gasteiger partial charge in [-0.3, -0.25) is 5.01 Å². The molecule has 0 saturated carbocycles. The molecule has 1 aliphatic heterocycles. The van der Waals surface area contributed by atoms with Crippen LogP contribution in [-0.2, 0) is 12.8 Å². The highest BCUT2D eigenvalue weighted by Gasteiger charge is 2.25. The van der Waals surface area contributed by atoms with E-state index in [1.54, 1.807) is 0 Å². The molecule has 1 aliphatic carbocycles. The number of rotatable bonds is 3. The van der Waals surface area contributed by atoms with Gasteiger partial charge in [0.1, 0.15) is 5.71 Å². The van der Waals surface area contributed by atoms with Crippen molar-refractivity contribution in [2.45, 2.75) is 25.3 Å². The first-order chi connectivity index (χ1) is 13.4. The largest absolute Gasteiger partial charge is 0.289 e. The van der Waals surface area contributed by atoms with Crippen LogP contribution in [0.1, 0.15) is 23.2 Å². The average molecular weight is 354 g/mol. The van der Waals surface area contributed by atoms with Crippen molar-refractivity contribution in [3.63, 3.8) is 0 Å². The van der Waals surface area contributed by atoms with Gasteiger partial charge < -0.3 is 0 Å². The van der Waals surface area contributed by atoms with Crippen molar-refractivity contribution in [2.75, 3.05) is 6.54 Å². The number of aryl methyl sites for hydroxylation is 1. The lowest BCUT2D eigenvalue weighted by Gasteiger charge is -2.34. The molecule has 0 fully saturated rings. The summed E-state index contributed by atoms with van der Waals surface area (Å²) in [7, 11) is 0. The first-order valence-electron chi connectivity index (χ1n) is 9.57. The quantitative estimate of drug-likeness (QED) is 0.712. The number of allylic oxidation sites excluding steroid dienone is 1. The van der Waals surface area contributed by atoms with E-state index in [1.807, 2.05) is 35.1 Å². The molecule has 0 spiro atoms. The van der Waals surface area contributed by atoms with E-state index >= 15 is 0 Å². The van der Waals surface area contributed by atoms with Crippen molar-refractivity contribution >= 4 is 5.71 Å². The Morgan fingerprint density at radius 2 is 1.70 bits per heavy atom. The summed E-state index contributed by atoms with van der Waals surface area (Å²) in [6.45, 7) is 0.871. The predicted octanol–water partition coefficient (Wildman–Crippen LogP) is 4.01. The van der Waals surface area contributed by atoms with Crippen LogP contribution in [-0.4, -0.2) is 33.1 Å². The zero-order valence-corrected chi connectivity index (χ0v) is 15.2. The predicted molar refractivity (Wildman–Crippen MR) is 108 cm³/mol. The third-order valence-electron chi connectivity index (χ3n) is 5.45. The molecule has 0 bridgehead atoms. The summed E-state index contributed by atoms with van der Waals surface area (Å²) in [6.07, 6.45) is 9.52. The van der Waals surface area contributed by atoms with Gasteiger partial charge in [0.2, 0.25) is 0 Å². The maximum Gasteiger partial charge on any atom is 0.109 e. The van der Waals surface area contributed by atoms with E-state index in [1.165, 1.54) is 11.1 Å². The molecule has 1 unspecified atom stereocenters. The van der Waals surface area contributed by atoms with Gasteiger partial charge in [0.15, 0.2) is 0 Å². The van der Waals surface area contributed by atoms with Gasteiger partial charge in [-0.15, -0.1) is 0 Å². The molecule has 4 heteroatoms. The van der Waals surface area contributed by atoms with E-state index in [9.17, 15) is 0 Å². The minimum Gasteiger partial charge on any atom is -0.289 e. The van der Waals surface area contributed by atoms with Crippen LogP contribution in [0.5, 0.6) is 0 Å². The Morgan fingerprint density at radius 1 is 0.889 bits per heavy atom. The standard InChI is InChI=1S/C23H22N4/c1-2-9-20(10-3-1)27-23(14-15-24-27)22-11-6-16-26(25-22)21-13-12-18-7-4-5-8-19(18)17-21/h1-11,14-15,21H,12-13,16-17H2. The molecule has 5 rings (SSSR count). The number of hydrazone groups is 1. The fourth-order valence-electron chi connectivity index (χ4n) is 4.06. The first-order valence-corrected chi connectivity index (χ1v) is 9.57.